The molecule has 4 aromatic rings. The van der Waals surface area contributed by atoms with Crippen LogP contribution in [-0.2, 0) is 14.1 Å². The van der Waals surface area contributed by atoms with Gasteiger partial charge in [0.1, 0.15) is 5.82 Å². The Bertz CT molecular complexity index is 1400. The van der Waals surface area contributed by atoms with E-state index >= 15 is 0 Å². The van der Waals surface area contributed by atoms with Gasteiger partial charge in [0.2, 0.25) is 5.95 Å². The second-order valence-corrected chi connectivity index (χ2v) is 9.03. The van der Waals surface area contributed by atoms with Crippen molar-refractivity contribution in [1.29, 1.82) is 0 Å². The molecule has 0 aliphatic carbocycles. The van der Waals surface area contributed by atoms with E-state index in [9.17, 15) is 9.18 Å². The zero-order chi connectivity index (χ0) is 25.2. The summed E-state index contributed by atoms with van der Waals surface area (Å²) in [6.07, 6.45) is 7.48. The standard InChI is InChI=1S/C24H29FN10O/c1-15-5-4-9-35(15)10-8-26-23(36)16-6-7-19(25)20(11-16)30-21-18-13-27-24(31-22(18)34(3)32-21)29-17-12-28-33(2)14-17/h6-7,11-15H,4-5,8-10H2,1-3H3,(H,26,36)(H,30,32)(H,27,29,31)/t15-/m0/s1. The SMILES string of the molecule is C[C@H]1CCCN1CCNC(=O)c1ccc(F)c(Nc2nn(C)c3nc(Nc4cnn(C)c4)ncc23)c1. The largest absolute Gasteiger partial charge is 0.351 e. The van der Waals surface area contributed by atoms with Crippen molar-refractivity contribution in [2.45, 2.75) is 25.8 Å². The summed E-state index contributed by atoms with van der Waals surface area (Å²) < 4.78 is 17.9. The van der Waals surface area contributed by atoms with Crippen molar-refractivity contribution < 1.29 is 9.18 Å². The lowest BCUT2D eigenvalue weighted by Gasteiger charge is -2.20. The number of likely N-dealkylation sites (tertiary alicyclic amines) is 1. The minimum atomic E-state index is -0.493. The normalized spacial score (nSPS) is 15.9. The fourth-order valence-electron chi connectivity index (χ4n) is 4.44. The third-order valence-corrected chi connectivity index (χ3v) is 6.40. The van der Waals surface area contributed by atoms with Gasteiger partial charge in [-0.1, -0.05) is 0 Å². The third-order valence-electron chi connectivity index (χ3n) is 6.40. The number of benzene rings is 1. The number of hydrogen-bond donors (Lipinski definition) is 3. The van der Waals surface area contributed by atoms with Crippen LogP contribution in [0, 0.1) is 5.82 Å². The number of fused-ring (bicyclic) bond motifs is 1. The van der Waals surface area contributed by atoms with Gasteiger partial charge in [0.25, 0.3) is 5.91 Å². The van der Waals surface area contributed by atoms with Gasteiger partial charge in [-0.2, -0.15) is 15.2 Å². The van der Waals surface area contributed by atoms with E-state index in [1.54, 1.807) is 28.8 Å². The van der Waals surface area contributed by atoms with E-state index in [0.717, 1.165) is 18.8 Å². The molecule has 1 fully saturated rings. The van der Waals surface area contributed by atoms with E-state index in [0.29, 0.717) is 40.9 Å². The summed E-state index contributed by atoms with van der Waals surface area (Å²) in [6.45, 7) is 4.61. The molecule has 4 heterocycles. The lowest BCUT2D eigenvalue weighted by Crippen LogP contribution is -2.36. The summed E-state index contributed by atoms with van der Waals surface area (Å²) in [5, 5.41) is 18.2. The molecule has 3 N–H and O–H groups in total. The van der Waals surface area contributed by atoms with E-state index in [-0.39, 0.29) is 11.6 Å². The average molecular weight is 493 g/mol. The minimum Gasteiger partial charge on any atom is -0.351 e. The smallest absolute Gasteiger partial charge is 0.251 e. The molecule has 1 saturated heterocycles. The van der Waals surface area contributed by atoms with E-state index in [1.807, 2.05) is 13.2 Å². The lowest BCUT2D eigenvalue weighted by molar-refractivity contribution is 0.0947. The highest BCUT2D eigenvalue weighted by Gasteiger charge is 2.20. The lowest BCUT2D eigenvalue weighted by atomic mass is 10.1. The Morgan fingerprint density at radius 2 is 2.08 bits per heavy atom. The topological polar surface area (TPSA) is 118 Å². The Kier molecular flexibility index (Phi) is 6.51. The summed E-state index contributed by atoms with van der Waals surface area (Å²) in [5.74, 6) is 0.0374. The van der Waals surface area contributed by atoms with Crippen LogP contribution in [0.3, 0.4) is 0 Å². The zero-order valence-corrected chi connectivity index (χ0v) is 20.5. The number of halogens is 1. The molecule has 188 valence electrons. The number of carbonyl (C=O) groups excluding carboxylic acids is 1. The molecule has 12 heteroatoms. The molecule has 1 aliphatic rings. The van der Waals surface area contributed by atoms with Crippen molar-refractivity contribution in [3.8, 4) is 0 Å². The number of amides is 1. The Morgan fingerprint density at radius 3 is 2.83 bits per heavy atom. The van der Waals surface area contributed by atoms with Crippen LogP contribution in [0.2, 0.25) is 0 Å². The summed E-state index contributed by atoms with van der Waals surface area (Å²) in [7, 11) is 3.57. The van der Waals surface area contributed by atoms with Gasteiger partial charge in [-0.25, -0.2) is 14.1 Å². The molecule has 5 rings (SSSR count). The van der Waals surface area contributed by atoms with Gasteiger partial charge in [-0.3, -0.25) is 14.4 Å². The predicted octanol–water partition coefficient (Wildman–Crippen LogP) is 2.94. The fourth-order valence-corrected chi connectivity index (χ4v) is 4.44. The van der Waals surface area contributed by atoms with Gasteiger partial charge in [0.05, 0.1) is 23.0 Å². The van der Waals surface area contributed by atoms with Crippen LogP contribution in [0.4, 0.5) is 27.5 Å². The van der Waals surface area contributed by atoms with E-state index in [4.69, 9.17) is 0 Å². The molecule has 0 unspecified atom stereocenters. The first kappa shape index (κ1) is 23.7. The zero-order valence-electron chi connectivity index (χ0n) is 20.5. The second-order valence-electron chi connectivity index (χ2n) is 9.03. The van der Waals surface area contributed by atoms with Gasteiger partial charge in [0, 0.05) is 51.2 Å². The monoisotopic (exact) mass is 492 g/mol. The fraction of sp³-hybridized carbons (Fsp3) is 0.375. The Morgan fingerprint density at radius 1 is 1.22 bits per heavy atom. The highest BCUT2D eigenvalue weighted by atomic mass is 19.1. The van der Waals surface area contributed by atoms with Crippen LogP contribution in [0.25, 0.3) is 11.0 Å². The number of aromatic nitrogens is 6. The van der Waals surface area contributed by atoms with Crippen LogP contribution >= 0.6 is 0 Å². The molecule has 36 heavy (non-hydrogen) atoms. The van der Waals surface area contributed by atoms with Crippen molar-refractivity contribution in [2.75, 3.05) is 30.3 Å². The maximum atomic E-state index is 14.6. The molecule has 0 saturated carbocycles. The van der Waals surface area contributed by atoms with Gasteiger partial charge in [-0.05, 0) is 44.5 Å². The molecule has 11 nitrogen and oxygen atoms in total. The number of hydrogen-bond acceptors (Lipinski definition) is 8. The van der Waals surface area contributed by atoms with E-state index in [1.165, 1.54) is 31.0 Å². The first-order chi connectivity index (χ1) is 17.4. The molecule has 1 atom stereocenters. The molecule has 1 amide bonds. The van der Waals surface area contributed by atoms with Crippen LogP contribution in [-0.4, -0.2) is 66.0 Å². The maximum Gasteiger partial charge on any atom is 0.251 e. The molecule has 3 aromatic heterocycles. The van der Waals surface area contributed by atoms with Gasteiger partial charge >= 0.3 is 0 Å². The molecule has 0 radical (unpaired) electrons. The molecule has 1 aromatic carbocycles. The van der Waals surface area contributed by atoms with Crippen LogP contribution in [0.15, 0.2) is 36.8 Å². The van der Waals surface area contributed by atoms with Gasteiger partial charge < -0.3 is 16.0 Å². The quantitative estimate of drug-likeness (QED) is 0.344. The summed E-state index contributed by atoms with van der Waals surface area (Å²) in [4.78, 5) is 23.9. The number of nitrogens with one attached hydrogen (secondary N) is 3. The van der Waals surface area contributed by atoms with E-state index < -0.39 is 5.82 Å². The van der Waals surface area contributed by atoms with Crippen LogP contribution in [0.5, 0.6) is 0 Å². The second kappa shape index (κ2) is 9.90. The van der Waals surface area contributed by atoms with Crippen molar-refractivity contribution >= 4 is 40.1 Å². The Hall–Kier alpha value is -4.06. The highest BCUT2D eigenvalue weighted by molar-refractivity contribution is 5.96. The Labute approximate surface area is 207 Å². The predicted molar refractivity (Wildman–Crippen MR) is 135 cm³/mol. The first-order valence-corrected chi connectivity index (χ1v) is 11.9. The summed E-state index contributed by atoms with van der Waals surface area (Å²) in [6, 6.07) is 4.78. The summed E-state index contributed by atoms with van der Waals surface area (Å²) >= 11 is 0. The molecule has 0 bridgehead atoms. The van der Waals surface area contributed by atoms with Crippen molar-refractivity contribution in [3.63, 3.8) is 0 Å². The summed E-state index contributed by atoms with van der Waals surface area (Å²) in [5.41, 5.74) is 1.83. The van der Waals surface area contributed by atoms with Crippen molar-refractivity contribution in [1.82, 2.24) is 39.7 Å². The minimum absolute atomic E-state index is 0.147. The molecule has 1 aliphatic heterocycles. The number of carbonyl (C=O) groups is 1. The first-order valence-electron chi connectivity index (χ1n) is 11.9. The number of rotatable bonds is 8. The van der Waals surface area contributed by atoms with Crippen molar-refractivity contribution in [3.05, 3.63) is 48.2 Å². The van der Waals surface area contributed by atoms with Gasteiger partial charge in [-0.15, -0.1) is 0 Å². The van der Waals surface area contributed by atoms with Crippen molar-refractivity contribution in [2.24, 2.45) is 14.1 Å². The van der Waals surface area contributed by atoms with Crippen LogP contribution in [0.1, 0.15) is 30.1 Å². The third kappa shape index (κ3) is 4.98. The molecule has 0 spiro atoms. The number of nitrogens with zero attached hydrogens (tertiary/aromatic N) is 7. The van der Waals surface area contributed by atoms with E-state index in [2.05, 4.69) is 47.9 Å². The van der Waals surface area contributed by atoms with Gasteiger partial charge in [0.15, 0.2) is 11.5 Å². The maximum absolute atomic E-state index is 14.6. The number of anilines is 4. The highest BCUT2D eigenvalue weighted by Crippen LogP contribution is 2.27. The average Bonchev–Trinajstić information content (AvgIpc) is 3.54. The number of aryl methyl sites for hydroxylation is 2. The Balaban J connectivity index is 1.29. The molecular formula is C24H29FN10O. The van der Waals surface area contributed by atoms with Crippen LogP contribution < -0.4 is 16.0 Å². The molecular weight excluding hydrogens is 463 g/mol.